The van der Waals surface area contributed by atoms with Crippen molar-refractivity contribution in [1.29, 1.82) is 0 Å². The highest BCUT2D eigenvalue weighted by molar-refractivity contribution is 7.89. The van der Waals surface area contributed by atoms with Gasteiger partial charge in [-0.25, -0.2) is 8.42 Å². The van der Waals surface area contributed by atoms with Crippen LogP contribution in [-0.2, 0) is 27.7 Å². The molecule has 2 aromatic carbocycles. The van der Waals surface area contributed by atoms with Gasteiger partial charge in [0, 0.05) is 37.8 Å². The largest absolute Gasteiger partial charge is 0.494 e. The molecule has 3 heterocycles. The van der Waals surface area contributed by atoms with Gasteiger partial charge in [0.2, 0.25) is 15.9 Å². The minimum absolute atomic E-state index is 0.0236. The van der Waals surface area contributed by atoms with Gasteiger partial charge in [-0.2, -0.15) is 4.31 Å². The highest BCUT2D eigenvalue weighted by Gasteiger charge is 2.29. The molecule has 0 aromatic heterocycles. The lowest BCUT2D eigenvalue weighted by Gasteiger charge is -2.37. The van der Waals surface area contributed by atoms with Gasteiger partial charge in [-0.15, -0.1) is 0 Å². The molecule has 2 bridgehead atoms. The van der Waals surface area contributed by atoms with E-state index in [1.807, 2.05) is 12.1 Å². The van der Waals surface area contributed by atoms with Gasteiger partial charge in [0.05, 0.1) is 11.5 Å². The molecule has 0 radical (unpaired) electrons. The van der Waals surface area contributed by atoms with E-state index < -0.39 is 10.0 Å². The number of aryl methyl sites for hydroxylation is 2. The Morgan fingerprint density at radius 1 is 0.886 bits per heavy atom. The first-order valence-corrected chi connectivity index (χ1v) is 14.3. The lowest BCUT2D eigenvalue weighted by Crippen LogP contribution is -2.45. The van der Waals surface area contributed by atoms with Crippen molar-refractivity contribution in [1.82, 2.24) is 9.21 Å². The van der Waals surface area contributed by atoms with Crippen molar-refractivity contribution in [2.75, 3.05) is 38.1 Å². The number of anilines is 1. The Bertz CT molecular complexity index is 1170. The number of piperidine rings is 1. The normalized spacial score (nSPS) is 22.7. The molecule has 3 aliphatic heterocycles. The van der Waals surface area contributed by atoms with Crippen molar-refractivity contribution in [3.63, 3.8) is 0 Å². The van der Waals surface area contributed by atoms with Crippen molar-refractivity contribution in [3.05, 3.63) is 53.6 Å². The minimum atomic E-state index is -3.67. The molecule has 2 aromatic rings. The Labute approximate surface area is 208 Å². The Morgan fingerprint density at radius 3 is 2.71 bits per heavy atom. The van der Waals surface area contributed by atoms with Gasteiger partial charge >= 0.3 is 0 Å². The monoisotopic (exact) mass is 497 g/mol. The predicted octanol–water partition coefficient (Wildman–Crippen LogP) is 3.83. The molecule has 3 aliphatic rings. The van der Waals surface area contributed by atoms with Crippen molar-refractivity contribution in [2.45, 2.75) is 62.3 Å². The first kappa shape index (κ1) is 24.3. The molecule has 1 amide bonds. The number of amides is 1. The summed E-state index contributed by atoms with van der Waals surface area (Å²) in [5, 5.41) is 2.84. The van der Waals surface area contributed by atoms with Crippen LogP contribution in [0.4, 0.5) is 5.69 Å². The molecule has 1 unspecified atom stereocenters. The number of carbonyl (C=O) groups is 1. The second-order valence-corrected chi connectivity index (χ2v) is 11.8. The van der Waals surface area contributed by atoms with Crippen LogP contribution in [0.25, 0.3) is 0 Å². The third-order valence-corrected chi connectivity index (χ3v) is 9.38. The topological polar surface area (TPSA) is 79.0 Å². The van der Waals surface area contributed by atoms with Gasteiger partial charge in [0.25, 0.3) is 0 Å². The summed E-state index contributed by atoms with van der Waals surface area (Å²) >= 11 is 0. The second kappa shape index (κ2) is 10.7. The van der Waals surface area contributed by atoms with E-state index in [1.54, 1.807) is 22.5 Å². The zero-order valence-electron chi connectivity index (χ0n) is 20.2. The molecule has 8 heteroatoms. The first-order valence-electron chi connectivity index (χ1n) is 12.9. The number of sulfonamides is 1. The standard InChI is InChI=1S/C27H35N3O4S/c31-27-13-9-22-20-25(11-12-26(22)28-27)35(32,33)30-15-4-18-34-24-7-3-5-21(19-24)8-10-23-6-1-2-14-29(23)16-17-30/h3,5,7,11-12,19-20,23H,1-2,4,6,8-10,13-18H2,(H,28,31). The van der Waals surface area contributed by atoms with E-state index in [1.165, 1.54) is 24.8 Å². The lowest BCUT2D eigenvalue weighted by molar-refractivity contribution is -0.116. The predicted molar refractivity (Wildman–Crippen MR) is 136 cm³/mol. The fourth-order valence-electron chi connectivity index (χ4n) is 5.50. The molecule has 1 atom stereocenters. The van der Waals surface area contributed by atoms with Gasteiger partial charge < -0.3 is 10.1 Å². The van der Waals surface area contributed by atoms with E-state index in [9.17, 15) is 13.2 Å². The van der Waals surface area contributed by atoms with Crippen LogP contribution in [0, 0.1) is 0 Å². The summed E-state index contributed by atoms with van der Waals surface area (Å²) in [6, 6.07) is 13.9. The molecule has 5 rings (SSSR count). The van der Waals surface area contributed by atoms with Crippen molar-refractivity contribution in [3.8, 4) is 5.75 Å². The van der Waals surface area contributed by atoms with Crippen molar-refractivity contribution in [2.24, 2.45) is 0 Å². The maximum atomic E-state index is 13.8. The summed E-state index contributed by atoms with van der Waals surface area (Å²) in [7, 11) is -3.67. The zero-order chi connectivity index (χ0) is 24.3. The Hall–Kier alpha value is -2.42. The molecule has 188 valence electrons. The molecular formula is C27H35N3O4S. The SMILES string of the molecule is O=C1CCc2cc(S(=O)(=O)N3CCCOc4cccc(c4)CCC4CCCCN4CC3)ccc2N1. The molecule has 1 N–H and O–H groups in total. The van der Waals surface area contributed by atoms with Crippen LogP contribution < -0.4 is 10.1 Å². The van der Waals surface area contributed by atoms with E-state index in [-0.39, 0.29) is 5.91 Å². The first-order chi connectivity index (χ1) is 17.0. The number of ether oxygens (including phenoxy) is 1. The molecule has 0 aliphatic carbocycles. The van der Waals surface area contributed by atoms with Crippen LogP contribution in [0.2, 0.25) is 0 Å². The van der Waals surface area contributed by atoms with E-state index in [0.717, 1.165) is 37.2 Å². The Balaban J connectivity index is 1.38. The smallest absolute Gasteiger partial charge is 0.243 e. The van der Waals surface area contributed by atoms with E-state index in [0.29, 0.717) is 55.6 Å². The average Bonchev–Trinajstić information content (AvgIpc) is 2.87. The zero-order valence-corrected chi connectivity index (χ0v) is 21.1. The molecule has 0 saturated carbocycles. The van der Waals surface area contributed by atoms with Crippen molar-refractivity contribution < 1.29 is 17.9 Å². The number of nitrogens with one attached hydrogen (secondary N) is 1. The van der Waals surface area contributed by atoms with Crippen LogP contribution in [-0.4, -0.2) is 62.4 Å². The Kier molecular flexibility index (Phi) is 7.41. The van der Waals surface area contributed by atoms with Crippen LogP contribution in [0.3, 0.4) is 0 Å². The average molecular weight is 498 g/mol. The molecule has 0 spiro atoms. The quantitative estimate of drug-likeness (QED) is 0.682. The summed E-state index contributed by atoms with van der Waals surface area (Å²) in [5.41, 5.74) is 2.90. The Morgan fingerprint density at radius 2 is 1.80 bits per heavy atom. The number of carbonyl (C=O) groups excluding carboxylic acids is 1. The molecule has 35 heavy (non-hydrogen) atoms. The maximum Gasteiger partial charge on any atom is 0.243 e. The van der Waals surface area contributed by atoms with Crippen LogP contribution in [0.1, 0.15) is 49.7 Å². The number of fused-ring (bicyclic) bond motifs is 4. The van der Waals surface area contributed by atoms with E-state index in [4.69, 9.17) is 4.74 Å². The van der Waals surface area contributed by atoms with E-state index in [2.05, 4.69) is 22.3 Å². The second-order valence-electron chi connectivity index (χ2n) is 9.84. The molecule has 1 fully saturated rings. The van der Waals surface area contributed by atoms with Crippen LogP contribution >= 0.6 is 0 Å². The number of hydrogen-bond acceptors (Lipinski definition) is 5. The maximum absolute atomic E-state index is 13.8. The van der Waals surface area contributed by atoms with Gasteiger partial charge in [0.1, 0.15) is 5.75 Å². The highest BCUT2D eigenvalue weighted by atomic mass is 32.2. The summed E-state index contributed by atoms with van der Waals surface area (Å²) < 4.78 is 35.1. The minimum Gasteiger partial charge on any atom is -0.494 e. The number of nitrogens with zero attached hydrogens (tertiary/aromatic N) is 2. The van der Waals surface area contributed by atoms with Crippen LogP contribution in [0.5, 0.6) is 5.75 Å². The highest BCUT2D eigenvalue weighted by Crippen LogP contribution is 2.28. The van der Waals surface area contributed by atoms with Crippen LogP contribution in [0.15, 0.2) is 47.4 Å². The van der Waals surface area contributed by atoms with Gasteiger partial charge in [-0.05, 0) is 86.5 Å². The number of benzene rings is 2. The van der Waals surface area contributed by atoms with Gasteiger partial charge in [-0.1, -0.05) is 18.6 Å². The van der Waals surface area contributed by atoms with Crippen molar-refractivity contribution >= 4 is 21.6 Å². The summed E-state index contributed by atoms with van der Waals surface area (Å²) in [4.78, 5) is 14.5. The summed E-state index contributed by atoms with van der Waals surface area (Å²) in [5.74, 6) is 0.829. The fraction of sp³-hybridized carbons (Fsp3) is 0.519. The molecular weight excluding hydrogens is 462 g/mol. The van der Waals surface area contributed by atoms with Gasteiger partial charge in [-0.3, -0.25) is 9.69 Å². The fourth-order valence-corrected chi connectivity index (χ4v) is 7.02. The van der Waals surface area contributed by atoms with Gasteiger partial charge in [0.15, 0.2) is 0 Å². The van der Waals surface area contributed by atoms with E-state index >= 15 is 0 Å². The summed E-state index contributed by atoms with van der Waals surface area (Å²) in [6.45, 7) is 3.12. The molecule has 1 saturated heterocycles. The molecule has 7 nitrogen and oxygen atoms in total. The number of hydrogen-bond donors (Lipinski definition) is 1. The third kappa shape index (κ3) is 5.71. The summed E-state index contributed by atoms with van der Waals surface area (Å²) in [6.07, 6.45) is 7.22. The third-order valence-electron chi connectivity index (χ3n) is 7.48. The lowest BCUT2D eigenvalue weighted by atomic mass is 9.95. The number of rotatable bonds is 2.